The Labute approximate surface area is 179 Å². The molecular weight excluding hydrogens is 399 g/mol. The van der Waals surface area contributed by atoms with Crippen molar-refractivity contribution in [2.24, 2.45) is 5.92 Å². The minimum Gasteiger partial charge on any atom is -0.454 e. The van der Waals surface area contributed by atoms with Crippen LogP contribution >= 0.6 is 0 Å². The normalized spacial score (nSPS) is 20.8. The van der Waals surface area contributed by atoms with E-state index in [0.29, 0.717) is 34.3 Å². The fraction of sp³-hybridized carbons (Fsp3) is 0.333. The van der Waals surface area contributed by atoms with Crippen LogP contribution in [0.15, 0.2) is 48.2 Å². The van der Waals surface area contributed by atoms with Gasteiger partial charge in [-0.05, 0) is 54.2 Å². The first-order valence-electron chi connectivity index (χ1n) is 10.5. The van der Waals surface area contributed by atoms with Gasteiger partial charge in [0.15, 0.2) is 11.5 Å². The van der Waals surface area contributed by atoms with Crippen molar-refractivity contribution in [2.45, 2.75) is 26.3 Å². The smallest absolute Gasteiger partial charge is 0.278 e. The summed E-state index contributed by atoms with van der Waals surface area (Å²) in [7, 11) is 0. The number of hydrogen-bond donors (Lipinski definition) is 0. The molecule has 2 aromatic rings. The molecule has 6 nitrogen and oxygen atoms in total. The van der Waals surface area contributed by atoms with Crippen molar-refractivity contribution in [3.05, 3.63) is 65.1 Å². The molecule has 1 fully saturated rings. The van der Waals surface area contributed by atoms with Crippen LogP contribution in [0.3, 0.4) is 0 Å². The van der Waals surface area contributed by atoms with Gasteiger partial charge in [0.05, 0.1) is 12.1 Å². The molecule has 160 valence electrons. The fourth-order valence-corrected chi connectivity index (χ4v) is 4.49. The van der Waals surface area contributed by atoms with E-state index in [-0.39, 0.29) is 31.0 Å². The zero-order valence-corrected chi connectivity index (χ0v) is 17.3. The van der Waals surface area contributed by atoms with Crippen LogP contribution in [0.1, 0.15) is 30.9 Å². The number of ether oxygens (including phenoxy) is 2. The number of nitrogens with zero attached hydrogens (tertiary/aromatic N) is 2. The van der Waals surface area contributed by atoms with Crippen LogP contribution in [0.4, 0.5) is 4.39 Å². The summed E-state index contributed by atoms with van der Waals surface area (Å²) < 4.78 is 24.3. The van der Waals surface area contributed by atoms with E-state index in [2.05, 4.69) is 6.92 Å². The number of imide groups is 1. The molecule has 0 radical (unpaired) electrons. The van der Waals surface area contributed by atoms with Crippen molar-refractivity contribution < 1.29 is 23.5 Å². The molecule has 5 rings (SSSR count). The molecule has 1 unspecified atom stereocenters. The maximum Gasteiger partial charge on any atom is 0.278 e. The van der Waals surface area contributed by atoms with Crippen LogP contribution in [0, 0.1) is 11.7 Å². The molecule has 7 heteroatoms. The molecule has 3 heterocycles. The van der Waals surface area contributed by atoms with Crippen molar-refractivity contribution in [1.82, 2.24) is 9.80 Å². The highest BCUT2D eigenvalue weighted by Gasteiger charge is 2.42. The number of carbonyl (C=O) groups excluding carboxylic acids is 2. The molecule has 0 bridgehead atoms. The summed E-state index contributed by atoms with van der Waals surface area (Å²) in [5, 5.41) is 0. The van der Waals surface area contributed by atoms with Crippen molar-refractivity contribution in [3.8, 4) is 11.5 Å². The second-order valence-corrected chi connectivity index (χ2v) is 8.31. The van der Waals surface area contributed by atoms with E-state index in [9.17, 15) is 14.0 Å². The maximum absolute atomic E-state index is 13.5. The van der Waals surface area contributed by atoms with E-state index in [1.54, 1.807) is 24.3 Å². The Morgan fingerprint density at radius 2 is 1.81 bits per heavy atom. The summed E-state index contributed by atoms with van der Waals surface area (Å²) in [6.45, 7) is 3.88. The summed E-state index contributed by atoms with van der Waals surface area (Å²) in [5.41, 5.74) is 2.10. The first kappa shape index (κ1) is 19.6. The van der Waals surface area contributed by atoms with Crippen LogP contribution in [0.25, 0.3) is 5.57 Å². The van der Waals surface area contributed by atoms with E-state index in [1.165, 1.54) is 17.0 Å². The minimum atomic E-state index is -0.383. The molecule has 0 saturated carbocycles. The number of rotatable bonds is 4. The third kappa shape index (κ3) is 3.54. The molecule has 2 aromatic carbocycles. The zero-order valence-electron chi connectivity index (χ0n) is 17.3. The average Bonchev–Trinajstić information content (AvgIpc) is 3.32. The predicted molar refractivity (Wildman–Crippen MR) is 111 cm³/mol. The minimum absolute atomic E-state index is 0.131. The highest BCUT2D eigenvalue weighted by molar-refractivity contribution is 6.35. The molecule has 0 aliphatic carbocycles. The molecule has 1 atom stereocenters. The first-order valence-corrected chi connectivity index (χ1v) is 10.5. The fourth-order valence-electron chi connectivity index (χ4n) is 4.49. The SMILES string of the molecule is CC1CCCN(C2=C(c3ccc(F)cc3)C(=O)N(Cc3ccc4c(c3)OCO4)C2=O)C1. The lowest BCUT2D eigenvalue weighted by Crippen LogP contribution is -2.39. The molecule has 0 N–H and O–H groups in total. The molecule has 3 aliphatic heterocycles. The number of hydrogen-bond acceptors (Lipinski definition) is 5. The highest BCUT2D eigenvalue weighted by atomic mass is 19.1. The third-order valence-electron chi connectivity index (χ3n) is 6.03. The Balaban J connectivity index is 1.51. The second kappa shape index (κ2) is 7.72. The van der Waals surface area contributed by atoms with Crippen LogP contribution in [-0.2, 0) is 16.1 Å². The lowest BCUT2D eigenvalue weighted by Gasteiger charge is -2.33. The van der Waals surface area contributed by atoms with E-state index in [0.717, 1.165) is 31.5 Å². The Kier molecular flexibility index (Phi) is 4.88. The summed E-state index contributed by atoms with van der Waals surface area (Å²) in [4.78, 5) is 30.2. The number of fused-ring (bicyclic) bond motifs is 1. The Morgan fingerprint density at radius 1 is 1.03 bits per heavy atom. The van der Waals surface area contributed by atoms with Crippen LogP contribution in [-0.4, -0.2) is 41.5 Å². The summed E-state index contributed by atoms with van der Waals surface area (Å²) in [6, 6.07) is 11.2. The maximum atomic E-state index is 13.5. The number of benzene rings is 2. The van der Waals surface area contributed by atoms with Crippen LogP contribution < -0.4 is 9.47 Å². The average molecular weight is 422 g/mol. The van der Waals surface area contributed by atoms with Gasteiger partial charge in [0.1, 0.15) is 11.5 Å². The van der Waals surface area contributed by atoms with Gasteiger partial charge in [-0.25, -0.2) is 4.39 Å². The summed E-state index contributed by atoms with van der Waals surface area (Å²) in [5.74, 6) is 0.635. The standard InChI is InChI=1S/C24H23FN2O4/c1-15-3-2-10-26(12-15)22-21(17-5-7-18(25)8-6-17)23(28)27(24(22)29)13-16-4-9-19-20(11-16)31-14-30-19/h4-9,11,15H,2-3,10,12-14H2,1H3. The monoisotopic (exact) mass is 422 g/mol. The molecule has 2 amide bonds. The molecular formula is C24H23FN2O4. The van der Waals surface area contributed by atoms with E-state index < -0.39 is 0 Å². The van der Waals surface area contributed by atoms with Gasteiger partial charge < -0.3 is 14.4 Å². The van der Waals surface area contributed by atoms with Crippen LogP contribution in [0.2, 0.25) is 0 Å². The second-order valence-electron chi connectivity index (χ2n) is 8.31. The Bertz CT molecular complexity index is 1080. The predicted octanol–water partition coefficient (Wildman–Crippen LogP) is 3.57. The summed E-state index contributed by atoms with van der Waals surface area (Å²) in [6.07, 6.45) is 2.06. The molecule has 31 heavy (non-hydrogen) atoms. The molecule has 0 aromatic heterocycles. The van der Waals surface area contributed by atoms with E-state index in [4.69, 9.17) is 9.47 Å². The van der Waals surface area contributed by atoms with Gasteiger partial charge in [0, 0.05) is 13.1 Å². The van der Waals surface area contributed by atoms with Crippen molar-refractivity contribution >= 4 is 17.4 Å². The van der Waals surface area contributed by atoms with Gasteiger partial charge in [-0.3, -0.25) is 14.5 Å². The van der Waals surface area contributed by atoms with Crippen molar-refractivity contribution in [2.75, 3.05) is 19.9 Å². The third-order valence-corrected chi connectivity index (χ3v) is 6.03. The number of halogens is 1. The van der Waals surface area contributed by atoms with E-state index in [1.807, 2.05) is 11.0 Å². The highest BCUT2D eigenvalue weighted by Crippen LogP contribution is 2.37. The number of carbonyl (C=O) groups is 2. The van der Waals surface area contributed by atoms with Crippen molar-refractivity contribution in [1.29, 1.82) is 0 Å². The van der Waals surface area contributed by atoms with Gasteiger partial charge >= 0.3 is 0 Å². The van der Waals surface area contributed by atoms with Crippen molar-refractivity contribution in [3.63, 3.8) is 0 Å². The van der Waals surface area contributed by atoms with Gasteiger partial charge in [0.2, 0.25) is 6.79 Å². The lowest BCUT2D eigenvalue weighted by molar-refractivity contribution is -0.138. The lowest BCUT2D eigenvalue weighted by atomic mass is 9.98. The largest absolute Gasteiger partial charge is 0.454 e. The number of amides is 2. The topological polar surface area (TPSA) is 59.1 Å². The first-order chi connectivity index (χ1) is 15.0. The molecule has 0 spiro atoms. The summed E-state index contributed by atoms with van der Waals surface area (Å²) >= 11 is 0. The zero-order chi connectivity index (χ0) is 21.5. The van der Waals surface area contributed by atoms with Gasteiger partial charge in [-0.1, -0.05) is 25.1 Å². The Hall–Kier alpha value is -3.35. The van der Waals surface area contributed by atoms with Crippen LogP contribution in [0.5, 0.6) is 11.5 Å². The van der Waals surface area contributed by atoms with Gasteiger partial charge in [0.25, 0.3) is 11.8 Å². The molecule has 1 saturated heterocycles. The quantitative estimate of drug-likeness (QED) is 0.705. The number of likely N-dealkylation sites (tertiary alicyclic amines) is 1. The number of piperidine rings is 1. The molecule has 3 aliphatic rings. The van der Waals surface area contributed by atoms with Gasteiger partial charge in [-0.15, -0.1) is 0 Å². The Morgan fingerprint density at radius 3 is 2.58 bits per heavy atom. The van der Waals surface area contributed by atoms with Gasteiger partial charge in [-0.2, -0.15) is 0 Å². The van der Waals surface area contributed by atoms with E-state index >= 15 is 0 Å².